The summed E-state index contributed by atoms with van der Waals surface area (Å²) in [5.74, 6) is 2.16. The summed E-state index contributed by atoms with van der Waals surface area (Å²) in [4.78, 5) is 25.8. The summed E-state index contributed by atoms with van der Waals surface area (Å²) in [6.45, 7) is 8.91. The van der Waals surface area contributed by atoms with Crippen molar-refractivity contribution < 1.29 is 4.79 Å². The molecule has 8 heteroatoms. The Balaban J connectivity index is 1.55. The normalized spacial score (nSPS) is 14.9. The third-order valence-corrected chi connectivity index (χ3v) is 6.19. The summed E-state index contributed by atoms with van der Waals surface area (Å²) in [5, 5.41) is 4.11. The number of likely N-dealkylation sites (N-methyl/N-ethyl adjacent to an activating group) is 1. The molecule has 1 amide bonds. The van der Waals surface area contributed by atoms with Crippen LogP contribution < -0.4 is 10.2 Å². The SMILES string of the molecule is CC(C)CCNC(=O)c1ccc(CSc2nc(Cl)cc(N3CCN(C)CC3)n2)cc1. The van der Waals surface area contributed by atoms with Crippen LogP contribution in [-0.2, 0) is 5.75 Å². The van der Waals surface area contributed by atoms with Crippen molar-refractivity contribution in [1.82, 2.24) is 20.2 Å². The summed E-state index contributed by atoms with van der Waals surface area (Å²) in [6.07, 6.45) is 0.982. The summed E-state index contributed by atoms with van der Waals surface area (Å²) in [6, 6.07) is 9.54. The standard InChI is InChI=1S/C22H30ClN5OS/c1-16(2)8-9-24-21(29)18-6-4-17(5-7-18)15-30-22-25-19(23)14-20(26-22)28-12-10-27(3)11-13-28/h4-7,14,16H,8-13,15H2,1-3H3,(H,24,29). The van der Waals surface area contributed by atoms with Gasteiger partial charge in [-0.1, -0.05) is 49.3 Å². The van der Waals surface area contributed by atoms with E-state index in [2.05, 4.69) is 41.0 Å². The Morgan fingerprint density at radius 3 is 2.53 bits per heavy atom. The van der Waals surface area contributed by atoms with E-state index in [0.717, 1.165) is 49.7 Å². The van der Waals surface area contributed by atoms with E-state index in [1.807, 2.05) is 30.3 Å². The Bertz CT molecular complexity index is 838. The first-order valence-corrected chi connectivity index (χ1v) is 11.7. The van der Waals surface area contributed by atoms with Gasteiger partial charge in [0.05, 0.1) is 0 Å². The largest absolute Gasteiger partial charge is 0.354 e. The molecular formula is C22H30ClN5OS. The van der Waals surface area contributed by atoms with Crippen LogP contribution in [0.5, 0.6) is 0 Å². The second-order valence-corrected chi connectivity index (χ2v) is 9.38. The second-order valence-electron chi connectivity index (χ2n) is 8.05. The molecule has 1 aliphatic rings. The van der Waals surface area contributed by atoms with Crippen molar-refractivity contribution in [2.24, 2.45) is 5.92 Å². The maximum atomic E-state index is 12.2. The van der Waals surface area contributed by atoms with Crippen LogP contribution in [0.25, 0.3) is 0 Å². The van der Waals surface area contributed by atoms with Crippen LogP contribution in [0.15, 0.2) is 35.5 Å². The summed E-state index contributed by atoms with van der Waals surface area (Å²) in [7, 11) is 2.13. The van der Waals surface area contributed by atoms with Gasteiger partial charge < -0.3 is 15.1 Å². The molecule has 0 radical (unpaired) electrons. The molecule has 1 N–H and O–H groups in total. The number of anilines is 1. The zero-order chi connectivity index (χ0) is 21.5. The lowest BCUT2D eigenvalue weighted by Gasteiger charge is -2.33. The van der Waals surface area contributed by atoms with E-state index in [1.165, 1.54) is 0 Å². The summed E-state index contributed by atoms with van der Waals surface area (Å²) >= 11 is 7.80. The summed E-state index contributed by atoms with van der Waals surface area (Å²) in [5.41, 5.74) is 1.80. The average molecular weight is 448 g/mol. The van der Waals surface area contributed by atoms with E-state index in [1.54, 1.807) is 11.8 Å². The lowest BCUT2D eigenvalue weighted by molar-refractivity contribution is 0.0952. The maximum absolute atomic E-state index is 12.2. The van der Waals surface area contributed by atoms with Gasteiger partial charge in [-0.25, -0.2) is 9.97 Å². The van der Waals surface area contributed by atoms with Crippen molar-refractivity contribution >= 4 is 35.1 Å². The van der Waals surface area contributed by atoms with E-state index in [0.29, 0.717) is 28.3 Å². The van der Waals surface area contributed by atoms with E-state index >= 15 is 0 Å². The van der Waals surface area contributed by atoms with Crippen molar-refractivity contribution in [3.8, 4) is 0 Å². The molecule has 1 aliphatic heterocycles. The van der Waals surface area contributed by atoms with E-state index in [4.69, 9.17) is 16.6 Å². The Hall–Kier alpha value is -1.83. The Labute approximate surface area is 188 Å². The molecule has 0 saturated carbocycles. The highest BCUT2D eigenvalue weighted by molar-refractivity contribution is 7.98. The van der Waals surface area contributed by atoms with Crippen LogP contribution in [-0.4, -0.2) is 60.5 Å². The molecule has 2 aromatic rings. The number of nitrogens with zero attached hydrogens (tertiary/aromatic N) is 4. The fourth-order valence-corrected chi connectivity index (χ4v) is 4.16. The quantitative estimate of drug-likeness (QED) is 0.375. The van der Waals surface area contributed by atoms with Gasteiger partial charge in [0.2, 0.25) is 0 Å². The lowest BCUT2D eigenvalue weighted by Crippen LogP contribution is -2.44. The number of hydrogen-bond acceptors (Lipinski definition) is 6. The Morgan fingerprint density at radius 1 is 1.17 bits per heavy atom. The number of hydrogen-bond donors (Lipinski definition) is 1. The van der Waals surface area contributed by atoms with Gasteiger partial charge in [0.25, 0.3) is 5.91 Å². The number of nitrogens with one attached hydrogen (secondary N) is 1. The highest BCUT2D eigenvalue weighted by atomic mass is 35.5. The molecule has 162 valence electrons. The zero-order valence-electron chi connectivity index (χ0n) is 17.9. The number of benzene rings is 1. The number of halogens is 1. The smallest absolute Gasteiger partial charge is 0.251 e. The molecule has 1 fully saturated rings. The zero-order valence-corrected chi connectivity index (χ0v) is 19.5. The molecule has 1 aromatic carbocycles. The van der Waals surface area contributed by atoms with Crippen molar-refractivity contribution in [1.29, 1.82) is 0 Å². The van der Waals surface area contributed by atoms with Gasteiger partial charge in [-0.2, -0.15) is 0 Å². The molecular weight excluding hydrogens is 418 g/mol. The van der Waals surface area contributed by atoms with E-state index in [9.17, 15) is 4.79 Å². The minimum atomic E-state index is -0.0233. The molecule has 1 aromatic heterocycles. The van der Waals surface area contributed by atoms with Gasteiger partial charge in [-0.05, 0) is 37.1 Å². The highest BCUT2D eigenvalue weighted by Crippen LogP contribution is 2.25. The van der Waals surface area contributed by atoms with Crippen LogP contribution in [0.4, 0.5) is 5.82 Å². The van der Waals surface area contributed by atoms with Crippen LogP contribution in [0, 0.1) is 5.92 Å². The number of aromatic nitrogens is 2. The number of thioether (sulfide) groups is 1. The van der Waals surface area contributed by atoms with Crippen LogP contribution >= 0.6 is 23.4 Å². The van der Waals surface area contributed by atoms with Gasteiger partial charge in [0.1, 0.15) is 11.0 Å². The Morgan fingerprint density at radius 2 is 1.87 bits per heavy atom. The van der Waals surface area contributed by atoms with E-state index < -0.39 is 0 Å². The highest BCUT2D eigenvalue weighted by Gasteiger charge is 2.17. The molecule has 2 heterocycles. The van der Waals surface area contributed by atoms with Gasteiger partial charge in [-0.3, -0.25) is 4.79 Å². The number of amides is 1. The number of piperazine rings is 1. The van der Waals surface area contributed by atoms with Gasteiger partial charge in [0.15, 0.2) is 5.16 Å². The summed E-state index contributed by atoms with van der Waals surface area (Å²) < 4.78 is 0. The minimum absolute atomic E-state index is 0.0233. The van der Waals surface area contributed by atoms with E-state index in [-0.39, 0.29) is 5.91 Å². The molecule has 3 rings (SSSR count). The van der Waals surface area contributed by atoms with Crippen LogP contribution in [0.3, 0.4) is 0 Å². The second kappa shape index (κ2) is 11.0. The van der Waals surface area contributed by atoms with Gasteiger partial charge >= 0.3 is 0 Å². The molecule has 0 bridgehead atoms. The van der Waals surface area contributed by atoms with Crippen molar-refractivity contribution in [3.63, 3.8) is 0 Å². The van der Waals surface area contributed by atoms with Gasteiger partial charge in [0, 0.05) is 50.1 Å². The van der Waals surface area contributed by atoms with Crippen molar-refractivity contribution in [2.45, 2.75) is 31.2 Å². The molecule has 6 nitrogen and oxygen atoms in total. The molecule has 0 aliphatic carbocycles. The first-order chi connectivity index (χ1) is 14.4. The third-order valence-electron chi connectivity index (χ3n) is 5.08. The Kier molecular flexibility index (Phi) is 8.36. The predicted molar refractivity (Wildman–Crippen MR) is 125 cm³/mol. The molecule has 30 heavy (non-hydrogen) atoms. The first-order valence-electron chi connectivity index (χ1n) is 10.4. The molecule has 1 saturated heterocycles. The van der Waals surface area contributed by atoms with Crippen LogP contribution in [0.1, 0.15) is 36.2 Å². The average Bonchev–Trinajstić information content (AvgIpc) is 2.72. The maximum Gasteiger partial charge on any atom is 0.251 e. The first kappa shape index (κ1) is 22.8. The van der Waals surface area contributed by atoms with Crippen molar-refractivity contribution in [3.05, 3.63) is 46.6 Å². The molecule has 0 spiro atoms. The molecule has 0 atom stereocenters. The lowest BCUT2D eigenvalue weighted by atomic mass is 10.1. The number of rotatable bonds is 8. The predicted octanol–water partition coefficient (Wildman–Crippen LogP) is 3.95. The van der Waals surface area contributed by atoms with Gasteiger partial charge in [-0.15, -0.1) is 0 Å². The fraction of sp³-hybridized carbons (Fsp3) is 0.500. The molecule has 0 unspecified atom stereocenters. The van der Waals surface area contributed by atoms with Crippen LogP contribution in [0.2, 0.25) is 5.15 Å². The minimum Gasteiger partial charge on any atom is -0.354 e. The third kappa shape index (κ3) is 6.86. The topological polar surface area (TPSA) is 61.4 Å². The van der Waals surface area contributed by atoms with Crippen molar-refractivity contribution in [2.75, 3.05) is 44.7 Å². The monoisotopic (exact) mass is 447 g/mol. The number of carbonyl (C=O) groups excluding carboxylic acids is 1. The fourth-order valence-electron chi connectivity index (χ4n) is 3.12. The number of carbonyl (C=O) groups is 1.